The maximum absolute atomic E-state index is 6.19. The van der Waals surface area contributed by atoms with Crippen LogP contribution in [0.1, 0.15) is 24.5 Å². The fourth-order valence-electron chi connectivity index (χ4n) is 1.57. The molecule has 0 saturated carbocycles. The fourth-order valence-corrected chi connectivity index (χ4v) is 2.63. The van der Waals surface area contributed by atoms with E-state index >= 15 is 0 Å². The Hall–Kier alpha value is -0.180. The van der Waals surface area contributed by atoms with Gasteiger partial charge in [-0.3, -0.25) is 0 Å². The predicted octanol–water partition coefficient (Wildman–Crippen LogP) is 3.88. The average molecular weight is 258 g/mol. The third-order valence-electron chi connectivity index (χ3n) is 2.65. The summed E-state index contributed by atoms with van der Waals surface area (Å²) >= 11 is 8.07. The second kappa shape index (κ2) is 7.21. The van der Waals surface area contributed by atoms with Crippen LogP contribution in [0.25, 0.3) is 0 Å². The van der Waals surface area contributed by atoms with Crippen molar-refractivity contribution in [2.24, 2.45) is 0 Å². The lowest BCUT2D eigenvalue weighted by Crippen LogP contribution is -2.30. The van der Waals surface area contributed by atoms with Crippen LogP contribution in [0.4, 0.5) is 0 Å². The summed E-state index contributed by atoms with van der Waals surface area (Å²) in [5, 5.41) is 4.41. The first-order valence-electron chi connectivity index (χ1n) is 5.64. The van der Waals surface area contributed by atoms with Gasteiger partial charge in [-0.2, -0.15) is 11.8 Å². The van der Waals surface area contributed by atoms with Crippen molar-refractivity contribution >= 4 is 23.4 Å². The van der Waals surface area contributed by atoms with Gasteiger partial charge in [0.15, 0.2) is 0 Å². The molecule has 90 valence electrons. The van der Waals surface area contributed by atoms with E-state index in [9.17, 15) is 0 Å². The Balaban J connectivity index is 2.53. The van der Waals surface area contributed by atoms with Gasteiger partial charge in [-0.15, -0.1) is 0 Å². The van der Waals surface area contributed by atoms with Gasteiger partial charge < -0.3 is 5.32 Å². The van der Waals surface area contributed by atoms with Crippen LogP contribution in [0, 0.1) is 6.92 Å². The Morgan fingerprint density at radius 2 is 2.19 bits per heavy atom. The standard InChI is InChI=1S/C13H20ClNS/c1-4-12(9-16-3)15-8-11-6-5-10(2)7-13(11)14/h5-7,12,15H,4,8-9H2,1-3H3. The van der Waals surface area contributed by atoms with Gasteiger partial charge in [0.05, 0.1) is 0 Å². The monoisotopic (exact) mass is 257 g/mol. The summed E-state index contributed by atoms with van der Waals surface area (Å²) in [5.74, 6) is 1.15. The molecule has 0 bridgehead atoms. The van der Waals surface area contributed by atoms with Gasteiger partial charge >= 0.3 is 0 Å². The molecule has 1 unspecified atom stereocenters. The van der Waals surface area contributed by atoms with Crippen LogP contribution in [0.3, 0.4) is 0 Å². The molecule has 0 fully saturated rings. The lowest BCUT2D eigenvalue weighted by Gasteiger charge is -2.16. The lowest BCUT2D eigenvalue weighted by atomic mass is 10.1. The second-order valence-electron chi connectivity index (χ2n) is 4.04. The van der Waals surface area contributed by atoms with Gasteiger partial charge in [0, 0.05) is 23.4 Å². The summed E-state index contributed by atoms with van der Waals surface area (Å²) in [6.07, 6.45) is 3.30. The Kier molecular flexibility index (Phi) is 6.25. The minimum absolute atomic E-state index is 0.576. The van der Waals surface area contributed by atoms with E-state index in [0.717, 1.165) is 23.7 Å². The highest BCUT2D eigenvalue weighted by Gasteiger charge is 2.06. The molecule has 0 heterocycles. The number of rotatable bonds is 6. The minimum atomic E-state index is 0.576. The van der Waals surface area contributed by atoms with E-state index in [2.05, 4.69) is 37.6 Å². The first-order valence-corrected chi connectivity index (χ1v) is 7.42. The molecule has 0 spiro atoms. The maximum atomic E-state index is 6.19. The van der Waals surface area contributed by atoms with Gasteiger partial charge in [-0.1, -0.05) is 30.7 Å². The van der Waals surface area contributed by atoms with E-state index in [1.54, 1.807) is 0 Å². The molecule has 1 nitrogen and oxygen atoms in total. The van der Waals surface area contributed by atoms with Gasteiger partial charge in [0.1, 0.15) is 0 Å². The highest BCUT2D eigenvalue weighted by atomic mass is 35.5. The van der Waals surface area contributed by atoms with Crippen molar-refractivity contribution in [3.05, 3.63) is 34.3 Å². The molecule has 0 radical (unpaired) electrons. The van der Waals surface area contributed by atoms with Crippen molar-refractivity contribution in [2.45, 2.75) is 32.9 Å². The molecule has 16 heavy (non-hydrogen) atoms. The van der Waals surface area contributed by atoms with E-state index in [-0.39, 0.29) is 0 Å². The zero-order valence-corrected chi connectivity index (χ0v) is 11.8. The van der Waals surface area contributed by atoms with Crippen LogP contribution in [-0.4, -0.2) is 18.1 Å². The zero-order chi connectivity index (χ0) is 12.0. The topological polar surface area (TPSA) is 12.0 Å². The fraction of sp³-hybridized carbons (Fsp3) is 0.538. The molecule has 1 rings (SSSR count). The number of hydrogen-bond donors (Lipinski definition) is 1. The first kappa shape index (κ1) is 13.9. The highest BCUT2D eigenvalue weighted by Crippen LogP contribution is 2.17. The zero-order valence-electron chi connectivity index (χ0n) is 10.2. The molecule has 1 N–H and O–H groups in total. The summed E-state index contributed by atoms with van der Waals surface area (Å²) in [6, 6.07) is 6.82. The molecule has 0 aliphatic rings. The summed E-state index contributed by atoms with van der Waals surface area (Å²) in [7, 11) is 0. The van der Waals surface area contributed by atoms with Gasteiger partial charge in [0.25, 0.3) is 0 Å². The van der Waals surface area contributed by atoms with Crippen molar-refractivity contribution in [1.29, 1.82) is 0 Å². The number of benzene rings is 1. The lowest BCUT2D eigenvalue weighted by molar-refractivity contribution is 0.541. The molecule has 0 aliphatic heterocycles. The number of hydrogen-bond acceptors (Lipinski definition) is 2. The van der Waals surface area contributed by atoms with Crippen LogP contribution in [0.2, 0.25) is 5.02 Å². The van der Waals surface area contributed by atoms with Crippen LogP contribution < -0.4 is 5.32 Å². The smallest absolute Gasteiger partial charge is 0.0453 e. The normalized spacial score (nSPS) is 12.8. The van der Waals surface area contributed by atoms with E-state index in [0.29, 0.717) is 6.04 Å². The van der Waals surface area contributed by atoms with Crippen LogP contribution in [0.5, 0.6) is 0 Å². The van der Waals surface area contributed by atoms with Crippen LogP contribution >= 0.6 is 23.4 Å². The van der Waals surface area contributed by atoms with E-state index < -0.39 is 0 Å². The van der Waals surface area contributed by atoms with Crippen molar-refractivity contribution in [3.63, 3.8) is 0 Å². The summed E-state index contributed by atoms with van der Waals surface area (Å²) in [4.78, 5) is 0. The van der Waals surface area contributed by atoms with E-state index in [4.69, 9.17) is 11.6 Å². The summed E-state index contributed by atoms with van der Waals surface area (Å²) in [6.45, 7) is 5.13. The first-order chi connectivity index (χ1) is 7.67. The maximum Gasteiger partial charge on any atom is 0.0453 e. The number of thioether (sulfide) groups is 1. The molecule has 0 aromatic heterocycles. The molecule has 1 aromatic carbocycles. The predicted molar refractivity (Wildman–Crippen MR) is 75.5 cm³/mol. The summed E-state index contributed by atoms with van der Waals surface area (Å²) < 4.78 is 0. The molecule has 0 aliphatic carbocycles. The molecular weight excluding hydrogens is 238 g/mol. The Bertz CT molecular complexity index is 328. The second-order valence-corrected chi connectivity index (χ2v) is 5.35. The Labute approximate surface area is 108 Å². The largest absolute Gasteiger partial charge is 0.309 e. The van der Waals surface area contributed by atoms with Crippen molar-refractivity contribution in [2.75, 3.05) is 12.0 Å². The van der Waals surface area contributed by atoms with Crippen molar-refractivity contribution in [3.8, 4) is 0 Å². The molecule has 0 amide bonds. The van der Waals surface area contributed by atoms with Crippen molar-refractivity contribution in [1.82, 2.24) is 5.32 Å². The van der Waals surface area contributed by atoms with Crippen LogP contribution in [-0.2, 0) is 6.54 Å². The quantitative estimate of drug-likeness (QED) is 0.830. The van der Waals surface area contributed by atoms with Crippen molar-refractivity contribution < 1.29 is 0 Å². The third-order valence-corrected chi connectivity index (χ3v) is 3.74. The minimum Gasteiger partial charge on any atom is -0.309 e. The van der Waals surface area contributed by atoms with E-state index in [1.807, 2.05) is 17.8 Å². The molecular formula is C13H20ClNS. The number of nitrogens with one attached hydrogen (secondary N) is 1. The molecule has 1 atom stereocenters. The van der Waals surface area contributed by atoms with Gasteiger partial charge in [0.2, 0.25) is 0 Å². The molecule has 1 aromatic rings. The summed E-state index contributed by atoms with van der Waals surface area (Å²) in [5.41, 5.74) is 2.40. The number of aryl methyl sites for hydroxylation is 1. The van der Waals surface area contributed by atoms with Crippen LogP contribution in [0.15, 0.2) is 18.2 Å². The Morgan fingerprint density at radius 3 is 2.75 bits per heavy atom. The molecule has 0 saturated heterocycles. The average Bonchev–Trinajstić information content (AvgIpc) is 2.26. The van der Waals surface area contributed by atoms with Gasteiger partial charge in [-0.25, -0.2) is 0 Å². The Morgan fingerprint density at radius 1 is 1.44 bits per heavy atom. The van der Waals surface area contributed by atoms with E-state index in [1.165, 1.54) is 11.1 Å². The van der Waals surface area contributed by atoms with Gasteiger partial charge in [-0.05, 0) is 36.8 Å². The molecule has 3 heteroatoms. The highest BCUT2D eigenvalue weighted by molar-refractivity contribution is 7.98. The SMILES string of the molecule is CCC(CSC)NCc1ccc(C)cc1Cl. The third kappa shape index (κ3) is 4.36. The number of halogens is 1.